The SMILES string of the molecule is NNC(C1=CCCO1)c1ccccc1C(F)(F)F. The second-order valence-electron chi connectivity index (χ2n) is 3.93. The summed E-state index contributed by atoms with van der Waals surface area (Å²) in [5.41, 5.74) is 1.75. The number of halogens is 3. The number of hydrogen-bond donors (Lipinski definition) is 2. The van der Waals surface area contributed by atoms with E-state index in [2.05, 4.69) is 5.43 Å². The number of ether oxygens (including phenoxy) is 1. The summed E-state index contributed by atoms with van der Waals surface area (Å²) in [7, 11) is 0. The van der Waals surface area contributed by atoms with Crippen LogP contribution in [0.25, 0.3) is 0 Å². The summed E-state index contributed by atoms with van der Waals surface area (Å²) in [5.74, 6) is 5.80. The Labute approximate surface area is 102 Å². The van der Waals surface area contributed by atoms with Gasteiger partial charge in [0, 0.05) is 6.42 Å². The van der Waals surface area contributed by atoms with E-state index in [1.165, 1.54) is 12.1 Å². The van der Waals surface area contributed by atoms with Crippen LogP contribution >= 0.6 is 0 Å². The van der Waals surface area contributed by atoms with E-state index in [1.807, 2.05) is 0 Å². The fraction of sp³-hybridized carbons (Fsp3) is 0.333. The second-order valence-corrected chi connectivity index (χ2v) is 3.93. The Morgan fingerprint density at radius 3 is 2.56 bits per heavy atom. The molecule has 0 radical (unpaired) electrons. The maximum atomic E-state index is 12.9. The second kappa shape index (κ2) is 4.99. The van der Waals surface area contributed by atoms with Crippen molar-refractivity contribution in [3.8, 4) is 0 Å². The van der Waals surface area contributed by atoms with E-state index in [0.717, 1.165) is 6.07 Å². The zero-order valence-electron chi connectivity index (χ0n) is 9.50. The van der Waals surface area contributed by atoms with Crippen molar-refractivity contribution in [3.63, 3.8) is 0 Å². The highest BCUT2D eigenvalue weighted by Gasteiger charge is 2.36. The molecule has 3 N–H and O–H groups in total. The molecule has 18 heavy (non-hydrogen) atoms. The molecule has 0 amide bonds. The van der Waals surface area contributed by atoms with Gasteiger partial charge in [-0.2, -0.15) is 13.2 Å². The summed E-state index contributed by atoms with van der Waals surface area (Å²) in [6.45, 7) is 0.474. The Morgan fingerprint density at radius 1 is 1.28 bits per heavy atom. The molecule has 0 saturated heterocycles. The molecule has 0 fully saturated rings. The van der Waals surface area contributed by atoms with Crippen molar-refractivity contribution in [3.05, 3.63) is 47.2 Å². The summed E-state index contributed by atoms with van der Waals surface area (Å²) in [6.07, 6.45) is -1.98. The van der Waals surface area contributed by atoms with E-state index >= 15 is 0 Å². The molecule has 2 rings (SSSR count). The first-order valence-electron chi connectivity index (χ1n) is 5.49. The summed E-state index contributed by atoms with van der Waals surface area (Å²) in [5, 5.41) is 0. The molecule has 1 heterocycles. The Morgan fingerprint density at radius 2 is 2.00 bits per heavy atom. The number of hydrogen-bond acceptors (Lipinski definition) is 3. The zero-order chi connectivity index (χ0) is 13.2. The average molecular weight is 258 g/mol. The van der Waals surface area contributed by atoms with E-state index in [1.54, 1.807) is 12.1 Å². The van der Waals surface area contributed by atoms with Gasteiger partial charge in [0.15, 0.2) is 0 Å². The Kier molecular flexibility index (Phi) is 3.58. The van der Waals surface area contributed by atoms with Crippen molar-refractivity contribution in [2.75, 3.05) is 6.61 Å². The Hall–Kier alpha value is -1.53. The first-order chi connectivity index (χ1) is 8.54. The molecule has 1 aliphatic rings. The predicted octanol–water partition coefficient (Wildman–Crippen LogP) is 2.51. The molecule has 0 aliphatic carbocycles. The summed E-state index contributed by atoms with van der Waals surface area (Å²) < 4.78 is 44.0. The van der Waals surface area contributed by atoms with E-state index in [9.17, 15) is 13.2 Å². The number of nitrogens with two attached hydrogens (primary N) is 1. The maximum absolute atomic E-state index is 12.9. The molecule has 0 aromatic heterocycles. The minimum atomic E-state index is -4.41. The van der Waals surface area contributed by atoms with Gasteiger partial charge in [0.05, 0.1) is 12.2 Å². The van der Waals surface area contributed by atoms with Crippen LogP contribution in [0.2, 0.25) is 0 Å². The van der Waals surface area contributed by atoms with Crippen LogP contribution in [0.4, 0.5) is 13.2 Å². The van der Waals surface area contributed by atoms with Crippen molar-refractivity contribution < 1.29 is 17.9 Å². The van der Waals surface area contributed by atoms with Crippen LogP contribution < -0.4 is 11.3 Å². The fourth-order valence-electron chi connectivity index (χ4n) is 1.97. The van der Waals surface area contributed by atoms with Gasteiger partial charge in [0.2, 0.25) is 0 Å². The molecular formula is C12H13F3N2O. The first kappa shape index (κ1) is 12.9. The number of rotatable bonds is 3. The molecule has 1 atom stereocenters. The van der Waals surface area contributed by atoms with Crippen molar-refractivity contribution >= 4 is 0 Å². The van der Waals surface area contributed by atoms with Gasteiger partial charge < -0.3 is 4.74 Å². The quantitative estimate of drug-likeness (QED) is 0.647. The summed E-state index contributed by atoms with van der Waals surface area (Å²) in [4.78, 5) is 0. The fourth-order valence-corrected chi connectivity index (χ4v) is 1.97. The van der Waals surface area contributed by atoms with E-state index in [4.69, 9.17) is 10.6 Å². The minimum absolute atomic E-state index is 0.0700. The van der Waals surface area contributed by atoms with Crippen molar-refractivity contribution in [2.45, 2.75) is 18.6 Å². The molecule has 1 aromatic carbocycles. The van der Waals surface area contributed by atoms with E-state index < -0.39 is 17.8 Å². The van der Waals surface area contributed by atoms with Crippen molar-refractivity contribution in [1.29, 1.82) is 0 Å². The number of hydrazine groups is 1. The lowest BCUT2D eigenvalue weighted by atomic mass is 9.98. The van der Waals surface area contributed by atoms with Crippen LogP contribution in [0.5, 0.6) is 0 Å². The predicted molar refractivity (Wildman–Crippen MR) is 60.2 cm³/mol. The molecular weight excluding hydrogens is 245 g/mol. The highest BCUT2D eigenvalue weighted by molar-refractivity contribution is 5.36. The third kappa shape index (κ3) is 2.49. The molecule has 1 aromatic rings. The molecule has 6 heteroatoms. The number of benzene rings is 1. The minimum Gasteiger partial charge on any atom is -0.496 e. The lowest BCUT2D eigenvalue weighted by Gasteiger charge is -2.21. The van der Waals surface area contributed by atoms with Gasteiger partial charge >= 0.3 is 6.18 Å². The lowest BCUT2D eigenvalue weighted by Crippen LogP contribution is -2.31. The molecule has 1 aliphatic heterocycles. The van der Waals surface area contributed by atoms with Gasteiger partial charge in [-0.05, 0) is 17.7 Å². The van der Waals surface area contributed by atoms with Crippen LogP contribution in [0.15, 0.2) is 36.1 Å². The monoisotopic (exact) mass is 258 g/mol. The smallest absolute Gasteiger partial charge is 0.416 e. The Balaban J connectivity index is 2.42. The van der Waals surface area contributed by atoms with E-state index in [0.29, 0.717) is 18.8 Å². The van der Waals surface area contributed by atoms with Gasteiger partial charge in [-0.1, -0.05) is 18.2 Å². The van der Waals surface area contributed by atoms with E-state index in [-0.39, 0.29) is 5.56 Å². The Bertz CT molecular complexity index is 457. The van der Waals surface area contributed by atoms with Crippen LogP contribution in [0.1, 0.15) is 23.6 Å². The van der Waals surface area contributed by atoms with Crippen LogP contribution in [0, 0.1) is 0 Å². The van der Waals surface area contributed by atoms with Gasteiger partial charge in [-0.25, -0.2) is 5.43 Å². The molecule has 3 nitrogen and oxygen atoms in total. The first-order valence-corrected chi connectivity index (χ1v) is 5.49. The normalized spacial score (nSPS) is 17.2. The van der Waals surface area contributed by atoms with Crippen LogP contribution in [-0.4, -0.2) is 6.61 Å². The van der Waals surface area contributed by atoms with Crippen LogP contribution in [-0.2, 0) is 10.9 Å². The summed E-state index contributed by atoms with van der Waals surface area (Å²) in [6, 6.07) is 4.56. The number of nitrogens with one attached hydrogen (secondary N) is 1. The van der Waals surface area contributed by atoms with Gasteiger partial charge in [0.1, 0.15) is 11.8 Å². The number of alkyl halides is 3. The van der Waals surface area contributed by atoms with Gasteiger partial charge in [-0.3, -0.25) is 5.84 Å². The molecule has 0 bridgehead atoms. The average Bonchev–Trinajstić information content (AvgIpc) is 2.83. The van der Waals surface area contributed by atoms with Gasteiger partial charge in [0.25, 0.3) is 0 Å². The summed E-state index contributed by atoms with van der Waals surface area (Å²) >= 11 is 0. The molecule has 1 unspecified atom stereocenters. The van der Waals surface area contributed by atoms with Crippen molar-refractivity contribution in [2.24, 2.45) is 5.84 Å². The van der Waals surface area contributed by atoms with Crippen LogP contribution in [0.3, 0.4) is 0 Å². The highest BCUT2D eigenvalue weighted by atomic mass is 19.4. The third-order valence-corrected chi connectivity index (χ3v) is 2.76. The molecule has 0 saturated carbocycles. The highest BCUT2D eigenvalue weighted by Crippen LogP contribution is 2.37. The van der Waals surface area contributed by atoms with Crippen molar-refractivity contribution in [1.82, 2.24) is 5.43 Å². The maximum Gasteiger partial charge on any atom is 0.416 e. The lowest BCUT2D eigenvalue weighted by molar-refractivity contribution is -0.138. The van der Waals surface area contributed by atoms with Gasteiger partial charge in [-0.15, -0.1) is 0 Å². The zero-order valence-corrected chi connectivity index (χ0v) is 9.50. The molecule has 0 spiro atoms. The largest absolute Gasteiger partial charge is 0.496 e. The topological polar surface area (TPSA) is 47.3 Å². The molecule has 98 valence electrons. The third-order valence-electron chi connectivity index (χ3n) is 2.76. The standard InChI is InChI=1S/C12H13F3N2O/c13-12(14,15)9-5-2-1-4-8(9)11(17-16)10-6-3-7-18-10/h1-2,4-6,11,17H,3,7,16H2.